The molecule has 0 aliphatic rings. The molecule has 0 N–H and O–H groups in total. The maximum Gasteiger partial charge on any atom is 2.00 e. The van der Waals surface area contributed by atoms with E-state index in [0.717, 1.165) is 12.8 Å². The van der Waals surface area contributed by atoms with Crippen molar-refractivity contribution in [2.75, 3.05) is 0 Å². The van der Waals surface area contributed by atoms with E-state index in [2.05, 4.69) is 26.0 Å². The quantitative estimate of drug-likeness (QED) is 0.0440. The monoisotopic (exact) mass is 632 g/mol. The second-order valence-electron chi connectivity index (χ2n) is 11.0. The molecule has 38 heavy (non-hydrogen) atoms. The fourth-order valence-corrected chi connectivity index (χ4v) is 6.11. The summed E-state index contributed by atoms with van der Waals surface area (Å²) >= 11 is 9.67. The molecule has 1 aromatic rings. The van der Waals surface area contributed by atoms with E-state index in [-0.39, 0.29) is 19.5 Å². The molecule has 1 aromatic carbocycles. The zero-order chi connectivity index (χ0) is 27.0. The molecule has 0 aliphatic carbocycles. The van der Waals surface area contributed by atoms with Gasteiger partial charge in [0, 0.05) is 0 Å². The standard InChI is InChI=1S/C32H59O2PS2.Zn/c1-3-5-7-9-11-13-15-17-19-21-23-25-30-27-28-32(34-35(33,36)37)29-31(30)26-24-22-20-18-16-14-12-10-8-6-4-2;/h27-29H,3-26H2,1-2H3,(H2,33,36,37);/q;+2/p-2. The van der Waals surface area contributed by atoms with Gasteiger partial charge in [0.1, 0.15) is 0 Å². The van der Waals surface area contributed by atoms with Gasteiger partial charge in [0.15, 0.2) is 5.75 Å². The Balaban J connectivity index is 0.0000137. The first-order chi connectivity index (χ1) is 18.0. The van der Waals surface area contributed by atoms with Crippen molar-refractivity contribution >= 4 is 30.6 Å². The van der Waals surface area contributed by atoms with Gasteiger partial charge in [-0.25, -0.2) is 0 Å². The predicted octanol–water partition coefficient (Wildman–Crippen LogP) is 10.9. The molecule has 1 rings (SSSR count). The van der Waals surface area contributed by atoms with Gasteiger partial charge >= 0.3 is 19.5 Å². The van der Waals surface area contributed by atoms with Crippen LogP contribution >= 0.6 is 6.12 Å². The fourth-order valence-electron chi connectivity index (χ4n) is 5.22. The molecule has 0 radical (unpaired) electrons. The minimum Gasteiger partial charge on any atom is -0.682 e. The van der Waals surface area contributed by atoms with Gasteiger partial charge in [-0.2, -0.15) is 0 Å². The van der Waals surface area contributed by atoms with Gasteiger partial charge in [0.05, 0.1) is 0 Å². The van der Waals surface area contributed by atoms with E-state index >= 15 is 0 Å². The Morgan fingerprint density at radius 1 is 0.553 bits per heavy atom. The van der Waals surface area contributed by atoms with Crippen LogP contribution in [-0.4, -0.2) is 0 Å². The van der Waals surface area contributed by atoms with Crippen LogP contribution in [0.25, 0.3) is 0 Å². The van der Waals surface area contributed by atoms with Crippen LogP contribution in [0.5, 0.6) is 5.75 Å². The molecule has 0 aliphatic heterocycles. The Morgan fingerprint density at radius 3 is 1.26 bits per heavy atom. The Hall–Kier alpha value is 0.733. The fraction of sp³-hybridized carbons (Fsp3) is 0.812. The molecule has 0 saturated heterocycles. The Morgan fingerprint density at radius 2 is 0.895 bits per heavy atom. The third-order valence-corrected chi connectivity index (χ3v) is 8.38. The van der Waals surface area contributed by atoms with Crippen LogP contribution in [0.4, 0.5) is 0 Å². The molecular formula is C32H57O2PS2Zn. The van der Waals surface area contributed by atoms with Gasteiger partial charge in [-0.05, 0) is 48.9 Å². The molecule has 0 spiro atoms. The summed E-state index contributed by atoms with van der Waals surface area (Å²) in [6, 6.07) is 6.11. The van der Waals surface area contributed by atoms with Crippen LogP contribution in [0.15, 0.2) is 18.2 Å². The van der Waals surface area contributed by atoms with Crippen LogP contribution in [-0.2, 0) is 56.8 Å². The number of hydrogen-bond acceptors (Lipinski definition) is 4. The second kappa shape index (κ2) is 26.6. The zero-order valence-corrected chi connectivity index (χ0v) is 30.5. The molecule has 2 nitrogen and oxygen atoms in total. The van der Waals surface area contributed by atoms with E-state index in [4.69, 9.17) is 29.0 Å². The predicted molar refractivity (Wildman–Crippen MR) is 169 cm³/mol. The molecule has 0 fully saturated rings. The summed E-state index contributed by atoms with van der Waals surface area (Å²) in [5.74, 6) is 0.578. The Bertz CT molecular complexity index is 655. The average Bonchev–Trinajstić information content (AvgIpc) is 2.86. The summed E-state index contributed by atoms with van der Waals surface area (Å²) in [5, 5.41) is 0. The molecule has 0 saturated carbocycles. The normalized spacial score (nSPS) is 11.5. The van der Waals surface area contributed by atoms with Crippen molar-refractivity contribution in [1.82, 2.24) is 0 Å². The summed E-state index contributed by atoms with van der Waals surface area (Å²) in [6.45, 7) is 4.56. The minimum atomic E-state index is -3.36. The van der Waals surface area contributed by atoms with Crippen molar-refractivity contribution in [3.05, 3.63) is 29.3 Å². The maximum atomic E-state index is 11.8. The largest absolute Gasteiger partial charge is 2.00 e. The molecule has 0 aromatic heterocycles. The third-order valence-electron chi connectivity index (χ3n) is 7.49. The van der Waals surface area contributed by atoms with Gasteiger partial charge in [0.25, 0.3) is 0 Å². The van der Waals surface area contributed by atoms with Crippen LogP contribution < -0.4 is 9.42 Å². The van der Waals surface area contributed by atoms with Crippen molar-refractivity contribution in [1.29, 1.82) is 0 Å². The zero-order valence-electron chi connectivity index (χ0n) is 25.0. The minimum absolute atomic E-state index is 0. The Kier molecular flexibility index (Phi) is 27.1. The van der Waals surface area contributed by atoms with E-state index in [9.17, 15) is 4.89 Å². The van der Waals surface area contributed by atoms with Crippen molar-refractivity contribution in [3.8, 4) is 5.75 Å². The molecule has 0 atom stereocenters. The summed E-state index contributed by atoms with van der Waals surface area (Å²) in [4.78, 5) is 11.8. The second-order valence-corrected chi connectivity index (χ2v) is 15.7. The van der Waals surface area contributed by atoms with Gasteiger partial charge < -0.3 is 33.9 Å². The van der Waals surface area contributed by atoms with E-state index in [0.29, 0.717) is 5.75 Å². The summed E-state index contributed by atoms with van der Waals surface area (Å²) in [7, 11) is 0. The van der Waals surface area contributed by atoms with E-state index in [1.165, 1.54) is 152 Å². The molecule has 0 amide bonds. The van der Waals surface area contributed by atoms with Crippen LogP contribution in [0, 0.1) is 0 Å². The molecule has 216 valence electrons. The first-order valence-corrected chi connectivity index (χ1v) is 19.4. The first-order valence-electron chi connectivity index (χ1n) is 15.8. The number of unbranched alkanes of at least 4 members (excludes halogenated alkanes) is 20. The number of rotatable bonds is 26. The molecule has 0 heterocycles. The number of aryl methyl sites for hydroxylation is 2. The Labute approximate surface area is 261 Å². The average molecular weight is 634 g/mol. The van der Waals surface area contributed by atoms with E-state index in [1.807, 2.05) is 6.07 Å². The molecular weight excluding hydrogens is 577 g/mol. The summed E-state index contributed by atoms with van der Waals surface area (Å²) in [6.07, 6.45) is 28.7. The van der Waals surface area contributed by atoms with E-state index < -0.39 is 6.12 Å². The van der Waals surface area contributed by atoms with Crippen LogP contribution in [0.2, 0.25) is 0 Å². The van der Waals surface area contributed by atoms with Crippen molar-refractivity contribution in [2.45, 2.75) is 168 Å². The van der Waals surface area contributed by atoms with Gasteiger partial charge in [-0.3, -0.25) is 0 Å². The van der Waals surface area contributed by atoms with Crippen molar-refractivity contribution in [3.63, 3.8) is 0 Å². The smallest absolute Gasteiger partial charge is 0.682 e. The van der Waals surface area contributed by atoms with E-state index in [1.54, 1.807) is 0 Å². The molecule has 6 heteroatoms. The summed E-state index contributed by atoms with van der Waals surface area (Å²) < 4.78 is 5.40. The number of benzene rings is 1. The molecule has 0 unspecified atom stereocenters. The number of hydrogen-bond donors (Lipinski definition) is 0. The maximum absolute atomic E-state index is 11.8. The SMILES string of the molecule is CCCCCCCCCCCCCc1ccc(O[P+]([O-])([S-])[S-])cc1CCCCCCCCCCCCC.[Zn+2]. The summed E-state index contributed by atoms with van der Waals surface area (Å²) in [5.41, 5.74) is 2.75. The van der Waals surface area contributed by atoms with Gasteiger partial charge in [-0.15, -0.1) is 6.12 Å². The van der Waals surface area contributed by atoms with Crippen LogP contribution in [0.1, 0.15) is 166 Å². The van der Waals surface area contributed by atoms with Crippen molar-refractivity contribution in [2.24, 2.45) is 0 Å². The van der Waals surface area contributed by atoms with Crippen LogP contribution in [0.3, 0.4) is 0 Å². The van der Waals surface area contributed by atoms with Crippen molar-refractivity contribution < 1.29 is 28.9 Å². The van der Waals surface area contributed by atoms with Gasteiger partial charge in [-0.1, -0.05) is 148 Å². The topological polar surface area (TPSA) is 32.3 Å². The molecule has 0 bridgehead atoms. The first kappa shape index (κ1) is 38.7. The third kappa shape index (κ3) is 23.4. The van der Waals surface area contributed by atoms with Gasteiger partial charge in [0.2, 0.25) is 0 Å².